The number of rotatable bonds is 5. The van der Waals surface area contributed by atoms with Gasteiger partial charge in [-0.05, 0) is 37.3 Å². The quantitative estimate of drug-likeness (QED) is 0.543. The fourth-order valence-corrected chi connectivity index (χ4v) is 2.98. The van der Waals surface area contributed by atoms with Crippen molar-refractivity contribution in [2.24, 2.45) is 0 Å². The highest BCUT2D eigenvalue weighted by Gasteiger charge is 2.16. The molecule has 136 valence electrons. The molecular formula is C22H19NO4. The maximum Gasteiger partial charge on any atom is 0.265 e. The molecule has 0 saturated heterocycles. The number of nitrogens with one attached hydrogen (secondary N) is 1. The van der Waals surface area contributed by atoms with Crippen molar-refractivity contribution in [3.63, 3.8) is 0 Å². The molecule has 0 aliphatic heterocycles. The average Bonchev–Trinajstić information content (AvgIpc) is 3.05. The van der Waals surface area contributed by atoms with E-state index in [2.05, 4.69) is 5.32 Å². The molecule has 3 aromatic carbocycles. The Kier molecular flexibility index (Phi) is 4.42. The van der Waals surface area contributed by atoms with Gasteiger partial charge in [0.05, 0.1) is 7.11 Å². The summed E-state index contributed by atoms with van der Waals surface area (Å²) in [7, 11) is 1.59. The van der Waals surface area contributed by atoms with Gasteiger partial charge in [0.15, 0.2) is 6.10 Å². The SMILES string of the molecule is COc1cccc(O[C@@H](C)C(=O)Nc2ccc3c(c2)oc2ccccc23)c1. The van der Waals surface area contributed by atoms with Crippen LogP contribution < -0.4 is 14.8 Å². The predicted molar refractivity (Wildman–Crippen MR) is 105 cm³/mol. The summed E-state index contributed by atoms with van der Waals surface area (Å²) in [6, 6.07) is 20.7. The number of benzene rings is 3. The molecule has 1 amide bonds. The summed E-state index contributed by atoms with van der Waals surface area (Å²) < 4.78 is 16.7. The van der Waals surface area contributed by atoms with Crippen LogP contribution in [0.25, 0.3) is 21.9 Å². The van der Waals surface area contributed by atoms with Crippen LogP contribution in [0.4, 0.5) is 5.69 Å². The Balaban J connectivity index is 1.50. The number of para-hydroxylation sites is 1. The molecule has 0 aliphatic carbocycles. The number of carbonyl (C=O) groups excluding carboxylic acids is 1. The van der Waals surface area contributed by atoms with Crippen molar-refractivity contribution in [3.05, 3.63) is 66.7 Å². The molecule has 0 radical (unpaired) electrons. The number of amides is 1. The van der Waals surface area contributed by atoms with Gasteiger partial charge in [-0.15, -0.1) is 0 Å². The number of ether oxygens (including phenoxy) is 2. The minimum absolute atomic E-state index is 0.242. The highest BCUT2D eigenvalue weighted by Crippen LogP contribution is 2.30. The fraction of sp³-hybridized carbons (Fsp3) is 0.136. The molecule has 0 unspecified atom stereocenters. The number of hydrogen-bond acceptors (Lipinski definition) is 4. The van der Waals surface area contributed by atoms with E-state index in [-0.39, 0.29) is 5.91 Å². The topological polar surface area (TPSA) is 60.7 Å². The van der Waals surface area contributed by atoms with E-state index in [4.69, 9.17) is 13.9 Å². The molecule has 1 N–H and O–H groups in total. The zero-order chi connectivity index (χ0) is 18.8. The Morgan fingerprint density at radius 2 is 1.70 bits per heavy atom. The summed E-state index contributed by atoms with van der Waals surface area (Å²) in [5.41, 5.74) is 2.22. The lowest BCUT2D eigenvalue weighted by atomic mass is 10.1. The minimum Gasteiger partial charge on any atom is -0.497 e. The maximum atomic E-state index is 12.5. The summed E-state index contributed by atoms with van der Waals surface area (Å²) in [6.07, 6.45) is -0.663. The van der Waals surface area contributed by atoms with Gasteiger partial charge in [-0.1, -0.05) is 24.3 Å². The highest BCUT2D eigenvalue weighted by molar-refractivity contribution is 6.06. The number of carbonyl (C=O) groups is 1. The van der Waals surface area contributed by atoms with Crippen molar-refractivity contribution in [2.75, 3.05) is 12.4 Å². The second kappa shape index (κ2) is 7.03. The number of fused-ring (bicyclic) bond motifs is 3. The molecule has 5 nitrogen and oxygen atoms in total. The summed E-state index contributed by atoms with van der Waals surface area (Å²) in [5, 5.41) is 4.95. The lowest BCUT2D eigenvalue weighted by Gasteiger charge is -2.15. The molecule has 0 saturated carbocycles. The first kappa shape index (κ1) is 17.0. The van der Waals surface area contributed by atoms with Gasteiger partial charge in [-0.25, -0.2) is 0 Å². The Bertz CT molecular complexity index is 1120. The van der Waals surface area contributed by atoms with Crippen LogP contribution in [0.15, 0.2) is 71.1 Å². The zero-order valence-corrected chi connectivity index (χ0v) is 15.1. The second-order valence-corrected chi connectivity index (χ2v) is 6.24. The van der Waals surface area contributed by atoms with Crippen molar-refractivity contribution in [1.29, 1.82) is 0 Å². The third-order valence-electron chi connectivity index (χ3n) is 4.37. The monoisotopic (exact) mass is 361 g/mol. The van der Waals surface area contributed by atoms with Crippen molar-refractivity contribution >= 4 is 33.5 Å². The van der Waals surface area contributed by atoms with Gasteiger partial charge in [0.2, 0.25) is 0 Å². The van der Waals surface area contributed by atoms with Crippen LogP contribution >= 0.6 is 0 Å². The molecule has 4 aromatic rings. The maximum absolute atomic E-state index is 12.5. The molecule has 4 rings (SSSR count). The van der Waals surface area contributed by atoms with Gasteiger partial charge in [-0.3, -0.25) is 4.79 Å². The minimum atomic E-state index is -0.663. The van der Waals surface area contributed by atoms with Gasteiger partial charge in [0.25, 0.3) is 5.91 Å². The average molecular weight is 361 g/mol. The number of methoxy groups -OCH3 is 1. The molecular weight excluding hydrogens is 342 g/mol. The number of anilines is 1. The molecule has 27 heavy (non-hydrogen) atoms. The number of hydrogen-bond donors (Lipinski definition) is 1. The van der Waals surface area contributed by atoms with E-state index in [1.54, 1.807) is 26.2 Å². The van der Waals surface area contributed by atoms with E-state index < -0.39 is 6.10 Å². The van der Waals surface area contributed by atoms with Crippen LogP contribution in [0.1, 0.15) is 6.92 Å². The molecule has 1 aromatic heterocycles. The molecule has 0 fully saturated rings. The van der Waals surface area contributed by atoms with E-state index in [0.29, 0.717) is 17.2 Å². The Labute approximate surface area is 156 Å². The summed E-state index contributed by atoms with van der Waals surface area (Å²) >= 11 is 0. The lowest BCUT2D eigenvalue weighted by molar-refractivity contribution is -0.122. The molecule has 0 aliphatic rings. The van der Waals surface area contributed by atoms with Crippen LogP contribution in [0.2, 0.25) is 0 Å². The van der Waals surface area contributed by atoms with E-state index in [1.165, 1.54) is 0 Å². The van der Waals surface area contributed by atoms with Crippen LogP contribution in [-0.2, 0) is 4.79 Å². The first-order valence-electron chi connectivity index (χ1n) is 8.67. The van der Waals surface area contributed by atoms with Crippen LogP contribution in [0.5, 0.6) is 11.5 Å². The Morgan fingerprint density at radius 1 is 0.926 bits per heavy atom. The van der Waals surface area contributed by atoms with Crippen molar-refractivity contribution in [2.45, 2.75) is 13.0 Å². The Morgan fingerprint density at radius 3 is 2.56 bits per heavy atom. The van der Waals surface area contributed by atoms with Gasteiger partial charge in [0, 0.05) is 28.6 Å². The van der Waals surface area contributed by atoms with E-state index in [1.807, 2.05) is 54.6 Å². The Hall–Kier alpha value is -3.47. The fourth-order valence-electron chi connectivity index (χ4n) is 2.98. The summed E-state index contributed by atoms with van der Waals surface area (Å²) in [5.74, 6) is 1.01. The molecule has 1 atom stereocenters. The van der Waals surface area contributed by atoms with E-state index in [9.17, 15) is 4.79 Å². The smallest absolute Gasteiger partial charge is 0.265 e. The molecule has 0 spiro atoms. The standard InChI is InChI=1S/C22H19NO4/c1-14(26-17-7-5-6-16(13-17)25-2)22(24)23-15-10-11-19-18-8-3-4-9-20(18)27-21(19)12-15/h3-14H,1-2H3,(H,23,24)/t14-/m0/s1. The largest absolute Gasteiger partial charge is 0.497 e. The summed E-state index contributed by atoms with van der Waals surface area (Å²) in [4.78, 5) is 12.5. The molecule has 5 heteroatoms. The van der Waals surface area contributed by atoms with Crippen LogP contribution in [0.3, 0.4) is 0 Å². The van der Waals surface area contributed by atoms with Gasteiger partial charge in [0.1, 0.15) is 22.7 Å². The van der Waals surface area contributed by atoms with Gasteiger partial charge < -0.3 is 19.2 Å². The molecule has 1 heterocycles. The second-order valence-electron chi connectivity index (χ2n) is 6.24. The first-order chi connectivity index (χ1) is 13.1. The number of furan rings is 1. The van der Waals surface area contributed by atoms with Crippen LogP contribution in [-0.4, -0.2) is 19.1 Å². The van der Waals surface area contributed by atoms with E-state index >= 15 is 0 Å². The third kappa shape index (κ3) is 3.44. The van der Waals surface area contributed by atoms with E-state index in [0.717, 1.165) is 21.9 Å². The normalized spacial score (nSPS) is 12.1. The van der Waals surface area contributed by atoms with Gasteiger partial charge >= 0.3 is 0 Å². The van der Waals surface area contributed by atoms with Crippen molar-refractivity contribution in [1.82, 2.24) is 0 Å². The summed E-state index contributed by atoms with van der Waals surface area (Å²) in [6.45, 7) is 1.70. The first-order valence-corrected chi connectivity index (χ1v) is 8.67. The molecule has 0 bridgehead atoms. The van der Waals surface area contributed by atoms with Crippen LogP contribution in [0, 0.1) is 0 Å². The van der Waals surface area contributed by atoms with Gasteiger partial charge in [-0.2, -0.15) is 0 Å². The highest BCUT2D eigenvalue weighted by atomic mass is 16.5. The third-order valence-corrected chi connectivity index (χ3v) is 4.37. The lowest BCUT2D eigenvalue weighted by Crippen LogP contribution is -2.30. The van der Waals surface area contributed by atoms with Crippen molar-refractivity contribution in [3.8, 4) is 11.5 Å². The van der Waals surface area contributed by atoms with Crippen molar-refractivity contribution < 1.29 is 18.7 Å². The zero-order valence-electron chi connectivity index (χ0n) is 15.1. The predicted octanol–water partition coefficient (Wildman–Crippen LogP) is 5.00.